The zero-order valence-electron chi connectivity index (χ0n) is 30.3. The number of unbranched alkanes of at least 4 members (excludes halogenated alkanes) is 6. The van der Waals surface area contributed by atoms with Crippen LogP contribution in [0, 0.1) is 0 Å². The molecular formula is C39H74N2O6. The minimum Gasteiger partial charge on any atom is -0.465 e. The Hall–Kier alpha value is -1.83. The van der Waals surface area contributed by atoms with Gasteiger partial charge in [-0.25, -0.2) is 4.79 Å². The largest absolute Gasteiger partial charge is 0.465 e. The smallest absolute Gasteiger partial charge is 0.404 e. The highest BCUT2D eigenvalue weighted by atomic mass is 16.5. The number of hydrogen-bond acceptors (Lipinski definition) is 6. The first-order valence-electron chi connectivity index (χ1n) is 20.1. The van der Waals surface area contributed by atoms with Crippen molar-refractivity contribution >= 4 is 18.0 Å². The maximum Gasteiger partial charge on any atom is 0.404 e. The Morgan fingerprint density at radius 1 is 0.489 bits per heavy atom. The van der Waals surface area contributed by atoms with E-state index in [0.717, 1.165) is 83.6 Å². The third kappa shape index (κ3) is 30.0. The summed E-state index contributed by atoms with van der Waals surface area (Å²) in [7, 11) is 0. The van der Waals surface area contributed by atoms with Gasteiger partial charge in [-0.15, -0.1) is 0 Å². The molecule has 0 radical (unpaired) electrons. The molecule has 2 aliphatic rings. The molecule has 1 amide bonds. The Balaban J connectivity index is 0.000000474. The first-order valence-corrected chi connectivity index (χ1v) is 20.1. The monoisotopic (exact) mass is 667 g/mol. The summed E-state index contributed by atoms with van der Waals surface area (Å²) < 4.78 is 11.5. The summed E-state index contributed by atoms with van der Waals surface area (Å²) in [5, 5.41) is 10.8. The summed E-state index contributed by atoms with van der Waals surface area (Å²) >= 11 is 0. The summed E-state index contributed by atoms with van der Waals surface area (Å²) in [5.74, 6) is -0.0365. The Kier molecular flexibility index (Phi) is 30.1. The van der Waals surface area contributed by atoms with E-state index < -0.39 is 6.09 Å². The number of carbonyl (C=O) groups excluding carboxylic acids is 2. The Morgan fingerprint density at radius 2 is 0.809 bits per heavy atom. The first-order chi connectivity index (χ1) is 23.0. The Labute approximate surface area is 288 Å². The zero-order valence-corrected chi connectivity index (χ0v) is 30.3. The first kappa shape index (κ1) is 43.2. The molecule has 2 saturated carbocycles. The molecule has 8 nitrogen and oxygen atoms in total. The molecule has 0 aromatic rings. The molecule has 0 aliphatic heterocycles. The summed E-state index contributed by atoms with van der Waals surface area (Å²) in [6.45, 7) is 1.24. The van der Waals surface area contributed by atoms with Crippen molar-refractivity contribution in [3.05, 3.63) is 0 Å². The van der Waals surface area contributed by atoms with Crippen molar-refractivity contribution in [2.24, 2.45) is 5.73 Å². The molecule has 0 heterocycles. The van der Waals surface area contributed by atoms with Crippen molar-refractivity contribution in [1.29, 1.82) is 0 Å². The number of rotatable bonds is 15. The van der Waals surface area contributed by atoms with Gasteiger partial charge in [0.25, 0.3) is 0 Å². The molecule has 2 rings (SSSR count). The van der Waals surface area contributed by atoms with Crippen molar-refractivity contribution in [2.75, 3.05) is 13.1 Å². The van der Waals surface area contributed by atoms with Crippen LogP contribution < -0.4 is 11.1 Å². The van der Waals surface area contributed by atoms with Gasteiger partial charge in [-0.1, -0.05) is 116 Å². The van der Waals surface area contributed by atoms with Gasteiger partial charge in [-0.05, 0) is 83.6 Å². The molecule has 0 aromatic carbocycles. The SMILES string of the molecule is NCCCCCCC(=O)OC1CCCCCCCCCCC1.O=C(O)NCCCCCCC(=O)OC1CCCCCCCCCCC1. The average Bonchev–Trinajstić information content (AvgIpc) is 3.03. The van der Waals surface area contributed by atoms with Gasteiger partial charge in [0.15, 0.2) is 0 Å². The van der Waals surface area contributed by atoms with E-state index in [-0.39, 0.29) is 24.1 Å². The van der Waals surface area contributed by atoms with Crippen LogP contribution >= 0.6 is 0 Å². The molecule has 0 atom stereocenters. The van der Waals surface area contributed by atoms with E-state index in [0.29, 0.717) is 19.4 Å². The van der Waals surface area contributed by atoms with Gasteiger partial charge in [-0.3, -0.25) is 9.59 Å². The van der Waals surface area contributed by atoms with Gasteiger partial charge in [0.1, 0.15) is 12.2 Å². The predicted molar refractivity (Wildman–Crippen MR) is 193 cm³/mol. The van der Waals surface area contributed by atoms with Gasteiger partial charge in [-0.2, -0.15) is 0 Å². The molecule has 0 saturated heterocycles. The van der Waals surface area contributed by atoms with Gasteiger partial charge in [0.2, 0.25) is 0 Å². The van der Waals surface area contributed by atoms with Gasteiger partial charge < -0.3 is 25.6 Å². The lowest BCUT2D eigenvalue weighted by molar-refractivity contribution is -0.151. The lowest BCUT2D eigenvalue weighted by Crippen LogP contribution is -2.21. The van der Waals surface area contributed by atoms with Crippen molar-refractivity contribution < 1.29 is 29.0 Å². The lowest BCUT2D eigenvalue weighted by atomic mass is 9.99. The number of nitrogens with one attached hydrogen (secondary N) is 1. The number of esters is 2. The van der Waals surface area contributed by atoms with Crippen molar-refractivity contribution in [1.82, 2.24) is 5.32 Å². The molecule has 2 aliphatic carbocycles. The standard InChI is InChI=1S/C20H37NO4.C19H37NO2/c22-19(16-12-8-9-13-17-21-20(23)24)25-18-14-10-6-4-2-1-3-5-7-11-15-18;20-17-13-9-8-12-16-19(21)22-18-14-10-6-4-2-1-3-5-7-11-15-18/h18,21H,1-17H2,(H,23,24);18H,1-17,20H2. The number of carbonyl (C=O) groups is 3. The topological polar surface area (TPSA) is 128 Å². The highest BCUT2D eigenvalue weighted by molar-refractivity contribution is 5.69. The molecule has 0 unspecified atom stereocenters. The van der Waals surface area contributed by atoms with E-state index in [2.05, 4.69) is 5.32 Å². The van der Waals surface area contributed by atoms with Crippen molar-refractivity contribution in [2.45, 2.75) is 218 Å². The van der Waals surface area contributed by atoms with Crippen LogP contribution in [0.5, 0.6) is 0 Å². The number of hydrogen-bond donors (Lipinski definition) is 3. The van der Waals surface area contributed by atoms with Crippen LogP contribution in [-0.4, -0.2) is 48.4 Å². The molecule has 276 valence electrons. The van der Waals surface area contributed by atoms with Crippen molar-refractivity contribution in [3.63, 3.8) is 0 Å². The van der Waals surface area contributed by atoms with Gasteiger partial charge in [0, 0.05) is 19.4 Å². The highest BCUT2D eigenvalue weighted by Gasteiger charge is 2.16. The number of carboxylic acid groups (broad SMARTS) is 1. The van der Waals surface area contributed by atoms with E-state index in [1.54, 1.807) is 0 Å². The molecule has 47 heavy (non-hydrogen) atoms. The minimum absolute atomic E-state index is 0.0184. The quantitative estimate of drug-likeness (QED) is 0.117. The number of amides is 1. The molecule has 0 spiro atoms. The third-order valence-electron chi connectivity index (χ3n) is 9.62. The average molecular weight is 667 g/mol. The van der Waals surface area contributed by atoms with Crippen LogP contribution in [-0.2, 0) is 19.1 Å². The fourth-order valence-corrected chi connectivity index (χ4v) is 6.69. The van der Waals surface area contributed by atoms with E-state index >= 15 is 0 Å². The number of nitrogens with two attached hydrogens (primary N) is 1. The maximum absolute atomic E-state index is 12.1. The van der Waals surface area contributed by atoms with Crippen LogP contribution in [0.15, 0.2) is 0 Å². The zero-order chi connectivity index (χ0) is 34.0. The minimum atomic E-state index is -0.972. The van der Waals surface area contributed by atoms with Gasteiger partial charge >= 0.3 is 18.0 Å². The fraction of sp³-hybridized carbons (Fsp3) is 0.923. The van der Waals surface area contributed by atoms with E-state index in [9.17, 15) is 14.4 Å². The lowest BCUT2D eigenvalue weighted by Gasteiger charge is -2.18. The molecule has 0 aromatic heterocycles. The van der Waals surface area contributed by atoms with E-state index in [4.69, 9.17) is 20.3 Å². The van der Waals surface area contributed by atoms with Crippen LogP contribution in [0.2, 0.25) is 0 Å². The van der Waals surface area contributed by atoms with Crippen molar-refractivity contribution in [3.8, 4) is 0 Å². The molecule has 2 fully saturated rings. The van der Waals surface area contributed by atoms with Crippen LogP contribution in [0.4, 0.5) is 4.79 Å². The maximum atomic E-state index is 12.1. The summed E-state index contributed by atoms with van der Waals surface area (Å²) in [5.41, 5.74) is 5.47. The van der Waals surface area contributed by atoms with Crippen LogP contribution in [0.3, 0.4) is 0 Å². The molecule has 8 heteroatoms. The summed E-state index contributed by atoms with van der Waals surface area (Å²) in [6, 6.07) is 0. The number of ether oxygens (including phenoxy) is 2. The second-order valence-corrected chi connectivity index (χ2v) is 14.1. The van der Waals surface area contributed by atoms with E-state index in [1.807, 2.05) is 0 Å². The third-order valence-corrected chi connectivity index (χ3v) is 9.62. The molecule has 0 bridgehead atoms. The predicted octanol–water partition coefficient (Wildman–Crippen LogP) is 10.5. The summed E-state index contributed by atoms with van der Waals surface area (Å²) in [6.07, 6.45) is 35.9. The van der Waals surface area contributed by atoms with E-state index in [1.165, 1.54) is 116 Å². The normalized spacial score (nSPS) is 18.5. The molecule has 4 N–H and O–H groups in total. The Morgan fingerprint density at radius 3 is 1.15 bits per heavy atom. The van der Waals surface area contributed by atoms with Gasteiger partial charge in [0.05, 0.1) is 0 Å². The summed E-state index contributed by atoms with van der Waals surface area (Å²) in [4.78, 5) is 34.3. The van der Waals surface area contributed by atoms with Crippen LogP contribution in [0.1, 0.15) is 205 Å². The van der Waals surface area contributed by atoms with Crippen LogP contribution in [0.25, 0.3) is 0 Å². The second kappa shape index (κ2) is 32.7. The Bertz CT molecular complexity index is 725. The molecular weight excluding hydrogens is 592 g/mol. The fourth-order valence-electron chi connectivity index (χ4n) is 6.69. The second-order valence-electron chi connectivity index (χ2n) is 14.1. The highest BCUT2D eigenvalue weighted by Crippen LogP contribution is 2.21.